The van der Waals surface area contributed by atoms with Gasteiger partial charge in [0.1, 0.15) is 11.5 Å². The minimum absolute atomic E-state index is 0.152. The lowest BCUT2D eigenvalue weighted by atomic mass is 10.2. The third kappa shape index (κ3) is 5.93. The molecule has 0 radical (unpaired) electrons. The van der Waals surface area contributed by atoms with Crippen LogP contribution in [0.25, 0.3) is 11.4 Å². The van der Waals surface area contributed by atoms with E-state index in [1.165, 1.54) is 24.6 Å². The van der Waals surface area contributed by atoms with Crippen LogP contribution in [0.3, 0.4) is 0 Å². The van der Waals surface area contributed by atoms with Crippen molar-refractivity contribution in [1.82, 2.24) is 14.8 Å². The smallest absolute Gasteiger partial charge is 0.234 e. The van der Waals surface area contributed by atoms with Gasteiger partial charge in [-0.25, -0.2) is 0 Å². The van der Waals surface area contributed by atoms with Crippen molar-refractivity contribution in [3.05, 3.63) is 60.1 Å². The van der Waals surface area contributed by atoms with Gasteiger partial charge in [0.2, 0.25) is 5.91 Å². The average Bonchev–Trinajstić information content (AvgIpc) is 3.49. The lowest BCUT2D eigenvalue weighted by molar-refractivity contribution is -0.113. The van der Waals surface area contributed by atoms with Crippen LogP contribution in [-0.2, 0) is 11.3 Å². The fourth-order valence-corrected chi connectivity index (χ4v) is 4.80. The third-order valence-corrected chi connectivity index (χ3v) is 6.72. The summed E-state index contributed by atoms with van der Waals surface area (Å²) in [5.74, 6) is 2.08. The highest BCUT2D eigenvalue weighted by atomic mass is 35.5. The Hall–Kier alpha value is -2.97. The second-order valence-electron chi connectivity index (χ2n) is 7.94. The van der Waals surface area contributed by atoms with E-state index in [2.05, 4.69) is 22.1 Å². The summed E-state index contributed by atoms with van der Waals surface area (Å²) in [6.45, 7) is 4.37. The maximum atomic E-state index is 12.6. The van der Waals surface area contributed by atoms with Crippen LogP contribution in [-0.4, -0.2) is 39.6 Å². The number of carbonyl (C=O) groups is 1. The van der Waals surface area contributed by atoms with Crippen molar-refractivity contribution in [2.24, 2.45) is 0 Å². The summed E-state index contributed by atoms with van der Waals surface area (Å²) in [5, 5.41) is 12.7. The Bertz CT molecular complexity index is 1140. The molecule has 4 rings (SSSR count). The number of hydrogen-bond donors (Lipinski definition) is 1. The summed E-state index contributed by atoms with van der Waals surface area (Å²) >= 11 is 7.35. The Morgan fingerprint density at radius 2 is 2.00 bits per heavy atom. The Morgan fingerprint density at radius 1 is 1.24 bits per heavy atom. The van der Waals surface area contributed by atoms with Crippen molar-refractivity contribution in [3.63, 3.8) is 0 Å². The Balaban J connectivity index is 1.43. The number of nitrogens with zero attached hydrogens (tertiary/aromatic N) is 3. The number of benzene rings is 2. The van der Waals surface area contributed by atoms with Crippen LogP contribution < -0.4 is 14.8 Å². The van der Waals surface area contributed by atoms with Crippen LogP contribution in [0.5, 0.6) is 11.5 Å². The lowest BCUT2D eigenvalue weighted by Crippen LogP contribution is -2.15. The van der Waals surface area contributed by atoms with Gasteiger partial charge >= 0.3 is 0 Å². The van der Waals surface area contributed by atoms with Gasteiger partial charge in [0.25, 0.3) is 0 Å². The minimum atomic E-state index is -0.200. The molecule has 1 N–H and O–H groups in total. The quantitative estimate of drug-likeness (QED) is 0.279. The number of thioether (sulfide) groups is 1. The van der Waals surface area contributed by atoms with Gasteiger partial charge in [0.15, 0.2) is 11.0 Å². The van der Waals surface area contributed by atoms with Crippen LogP contribution >= 0.6 is 23.4 Å². The van der Waals surface area contributed by atoms with E-state index < -0.39 is 0 Å². The van der Waals surface area contributed by atoms with E-state index in [-0.39, 0.29) is 11.7 Å². The summed E-state index contributed by atoms with van der Waals surface area (Å²) in [6, 6.07) is 13.0. The van der Waals surface area contributed by atoms with Gasteiger partial charge in [-0.1, -0.05) is 29.4 Å². The summed E-state index contributed by atoms with van der Waals surface area (Å²) in [7, 11) is 1.54. The molecule has 1 aliphatic carbocycles. The number of anilines is 1. The number of methoxy groups -OCH3 is 1. The van der Waals surface area contributed by atoms with Gasteiger partial charge in [0, 0.05) is 17.1 Å². The molecule has 178 valence electrons. The number of nitrogens with one attached hydrogen (secondary N) is 1. The molecule has 1 aliphatic rings. The third-order valence-electron chi connectivity index (χ3n) is 5.51. The first-order valence-corrected chi connectivity index (χ1v) is 12.5. The average molecular weight is 499 g/mol. The predicted octanol–water partition coefficient (Wildman–Crippen LogP) is 5.85. The molecule has 1 saturated carbocycles. The molecule has 0 aliphatic heterocycles. The topological polar surface area (TPSA) is 78.3 Å². The monoisotopic (exact) mass is 498 g/mol. The number of aromatic nitrogens is 3. The van der Waals surface area contributed by atoms with Crippen molar-refractivity contribution in [1.29, 1.82) is 0 Å². The second-order valence-corrected chi connectivity index (χ2v) is 9.31. The van der Waals surface area contributed by atoms with Gasteiger partial charge in [-0.05, 0) is 68.1 Å². The molecular formula is C25H27ClN4O3S. The molecule has 1 aromatic heterocycles. The molecule has 7 nitrogen and oxygen atoms in total. The molecule has 9 heteroatoms. The van der Waals surface area contributed by atoms with Gasteiger partial charge in [-0.3, -0.25) is 9.36 Å². The highest BCUT2D eigenvalue weighted by Crippen LogP contribution is 2.30. The van der Waals surface area contributed by atoms with Crippen LogP contribution in [0.1, 0.15) is 25.7 Å². The predicted molar refractivity (Wildman–Crippen MR) is 136 cm³/mol. The fourth-order valence-electron chi connectivity index (χ4n) is 3.88. The normalized spacial score (nSPS) is 13.6. The maximum Gasteiger partial charge on any atom is 0.234 e. The molecule has 0 bridgehead atoms. The van der Waals surface area contributed by atoms with Crippen molar-refractivity contribution in [2.75, 3.05) is 18.2 Å². The van der Waals surface area contributed by atoms with Crippen molar-refractivity contribution in [3.8, 4) is 22.9 Å². The van der Waals surface area contributed by atoms with Crippen LogP contribution in [0.2, 0.25) is 5.02 Å². The van der Waals surface area contributed by atoms with Crippen LogP contribution in [0.4, 0.5) is 5.69 Å². The number of halogens is 1. The standard InChI is InChI=1S/C25H27ClN4O3S/c1-3-14-30-24(17-8-11-20(12-9-17)33-19-6-4-5-7-19)28-29-25(30)34-16-23(31)27-21-15-18(26)10-13-22(21)32-2/h3,8-13,15,19H,1,4-7,14,16H2,2H3,(H,27,31). The first-order chi connectivity index (χ1) is 16.6. The molecule has 2 aromatic carbocycles. The largest absolute Gasteiger partial charge is 0.495 e. The number of allylic oxidation sites excluding steroid dienone is 1. The van der Waals surface area contributed by atoms with E-state index in [9.17, 15) is 4.79 Å². The fraction of sp³-hybridized carbons (Fsp3) is 0.320. The Morgan fingerprint density at radius 3 is 2.71 bits per heavy atom. The number of amides is 1. The first-order valence-electron chi connectivity index (χ1n) is 11.1. The molecule has 0 saturated heterocycles. The van der Waals surface area contributed by atoms with E-state index in [1.807, 2.05) is 28.8 Å². The summed E-state index contributed by atoms with van der Waals surface area (Å²) in [5.41, 5.74) is 1.45. The minimum Gasteiger partial charge on any atom is -0.495 e. The van der Waals surface area contributed by atoms with E-state index >= 15 is 0 Å². The van der Waals surface area contributed by atoms with Crippen LogP contribution in [0.15, 0.2) is 60.3 Å². The zero-order chi connectivity index (χ0) is 23.9. The Kier molecular flexibility index (Phi) is 8.13. The Labute approximate surface area is 208 Å². The van der Waals surface area contributed by atoms with E-state index in [1.54, 1.807) is 31.4 Å². The molecule has 0 atom stereocenters. The number of ether oxygens (including phenoxy) is 2. The van der Waals surface area contributed by atoms with Crippen LogP contribution in [0, 0.1) is 0 Å². The van der Waals surface area contributed by atoms with Crippen molar-refractivity contribution >= 4 is 35.0 Å². The summed E-state index contributed by atoms with van der Waals surface area (Å²) in [6.07, 6.45) is 6.81. The number of hydrogen-bond acceptors (Lipinski definition) is 6. The molecule has 1 fully saturated rings. The van der Waals surface area contributed by atoms with Crippen molar-refractivity contribution in [2.45, 2.75) is 43.5 Å². The van der Waals surface area contributed by atoms with E-state index in [0.29, 0.717) is 40.1 Å². The molecule has 1 heterocycles. The first kappa shape index (κ1) is 24.2. The molecule has 1 amide bonds. The van der Waals surface area contributed by atoms with Crippen molar-refractivity contribution < 1.29 is 14.3 Å². The maximum absolute atomic E-state index is 12.6. The molecule has 3 aromatic rings. The van der Waals surface area contributed by atoms with Gasteiger partial charge in [0.05, 0.1) is 24.7 Å². The van der Waals surface area contributed by atoms with Gasteiger partial charge in [-0.2, -0.15) is 0 Å². The van der Waals surface area contributed by atoms with E-state index in [4.69, 9.17) is 21.1 Å². The highest BCUT2D eigenvalue weighted by Gasteiger charge is 2.18. The lowest BCUT2D eigenvalue weighted by Gasteiger charge is -2.13. The molecule has 0 unspecified atom stereocenters. The van der Waals surface area contributed by atoms with Gasteiger partial charge in [-0.15, -0.1) is 16.8 Å². The van der Waals surface area contributed by atoms with Gasteiger partial charge < -0.3 is 14.8 Å². The van der Waals surface area contributed by atoms with E-state index in [0.717, 1.165) is 24.2 Å². The summed E-state index contributed by atoms with van der Waals surface area (Å²) in [4.78, 5) is 12.6. The molecule has 34 heavy (non-hydrogen) atoms. The highest BCUT2D eigenvalue weighted by molar-refractivity contribution is 7.99. The number of rotatable bonds is 10. The molecule has 0 spiro atoms. The zero-order valence-electron chi connectivity index (χ0n) is 19.0. The molecular weight excluding hydrogens is 472 g/mol. The zero-order valence-corrected chi connectivity index (χ0v) is 20.6. The SMILES string of the molecule is C=CCn1c(SCC(=O)Nc2cc(Cl)ccc2OC)nnc1-c1ccc(OC2CCCC2)cc1. The second kappa shape index (κ2) is 11.4. The number of carbonyl (C=O) groups excluding carboxylic acids is 1. The summed E-state index contributed by atoms with van der Waals surface area (Å²) < 4.78 is 13.3.